The number of nitrogens with one attached hydrogen (secondary N) is 2. The van der Waals surface area contributed by atoms with E-state index in [0.717, 1.165) is 4.88 Å². The summed E-state index contributed by atoms with van der Waals surface area (Å²) in [6.45, 7) is -0.0723. The van der Waals surface area contributed by atoms with Crippen LogP contribution in [0.1, 0.15) is 15.2 Å². The van der Waals surface area contributed by atoms with E-state index in [9.17, 15) is 18.0 Å². The molecule has 0 aliphatic heterocycles. The first-order valence-electron chi connectivity index (χ1n) is 6.92. The maximum Gasteiger partial charge on any atom is 0.338 e. The van der Waals surface area contributed by atoms with Crippen molar-refractivity contribution in [3.05, 3.63) is 52.2 Å². The summed E-state index contributed by atoms with van der Waals surface area (Å²) in [5, 5.41) is 4.52. The molecule has 0 radical (unpaired) electrons. The zero-order chi connectivity index (χ0) is 17.6. The molecule has 0 saturated heterocycles. The number of esters is 1. The Morgan fingerprint density at radius 2 is 2.00 bits per heavy atom. The van der Waals surface area contributed by atoms with Crippen LogP contribution in [0.3, 0.4) is 0 Å². The molecule has 0 atom stereocenters. The topological polar surface area (TPSA) is 102 Å². The second kappa shape index (κ2) is 8.04. The van der Waals surface area contributed by atoms with Crippen LogP contribution in [0.4, 0.5) is 0 Å². The summed E-state index contributed by atoms with van der Waals surface area (Å²) in [7, 11) is -2.38. The van der Waals surface area contributed by atoms with Crippen LogP contribution >= 0.6 is 11.3 Å². The Morgan fingerprint density at radius 1 is 1.21 bits per heavy atom. The number of rotatable bonds is 7. The number of benzene rings is 1. The molecule has 1 amide bonds. The van der Waals surface area contributed by atoms with Crippen molar-refractivity contribution < 1.29 is 22.7 Å². The van der Waals surface area contributed by atoms with E-state index < -0.39 is 28.5 Å². The minimum atomic E-state index is -3.66. The number of amides is 1. The van der Waals surface area contributed by atoms with Gasteiger partial charge in [0.1, 0.15) is 0 Å². The van der Waals surface area contributed by atoms with Gasteiger partial charge in [-0.15, -0.1) is 11.3 Å². The lowest BCUT2D eigenvalue weighted by Gasteiger charge is -2.07. The molecule has 0 saturated carbocycles. The van der Waals surface area contributed by atoms with Crippen molar-refractivity contribution in [2.24, 2.45) is 0 Å². The molecule has 0 spiro atoms. The van der Waals surface area contributed by atoms with E-state index in [1.54, 1.807) is 0 Å². The third-order valence-electron chi connectivity index (χ3n) is 3.02. The maximum atomic E-state index is 11.9. The lowest BCUT2D eigenvalue weighted by atomic mass is 10.2. The monoisotopic (exact) mass is 368 g/mol. The molecule has 7 nitrogen and oxygen atoms in total. The van der Waals surface area contributed by atoms with Gasteiger partial charge in [0.2, 0.25) is 10.0 Å². The van der Waals surface area contributed by atoms with E-state index >= 15 is 0 Å². The van der Waals surface area contributed by atoms with Gasteiger partial charge in [-0.25, -0.2) is 17.9 Å². The highest BCUT2D eigenvalue weighted by Crippen LogP contribution is 2.12. The van der Waals surface area contributed by atoms with Crippen LogP contribution < -0.4 is 10.0 Å². The third kappa shape index (κ3) is 4.88. The molecule has 0 aliphatic carbocycles. The molecule has 2 rings (SSSR count). The number of carbonyl (C=O) groups excluding carboxylic acids is 2. The van der Waals surface area contributed by atoms with Gasteiger partial charge in [-0.1, -0.05) is 12.1 Å². The van der Waals surface area contributed by atoms with Crippen molar-refractivity contribution in [2.45, 2.75) is 11.4 Å². The summed E-state index contributed by atoms with van der Waals surface area (Å²) in [5.41, 5.74) is 0.0531. The van der Waals surface area contributed by atoms with E-state index in [2.05, 4.69) is 10.0 Å². The average Bonchev–Trinajstić information content (AvgIpc) is 3.11. The minimum absolute atomic E-state index is 0.0531. The first kappa shape index (κ1) is 18.1. The second-order valence-electron chi connectivity index (χ2n) is 4.67. The molecule has 24 heavy (non-hydrogen) atoms. The fraction of sp³-hybridized carbons (Fsp3) is 0.200. The highest BCUT2D eigenvalue weighted by atomic mass is 32.2. The standard InChI is InChI=1S/C15H16N2O5S2/c1-16-24(20,21)13-6-2-4-11(8-13)15(19)22-10-14(18)17-9-12-5-3-7-23-12/h2-8,16H,9-10H2,1H3,(H,17,18). The maximum absolute atomic E-state index is 11.9. The van der Waals surface area contributed by atoms with Gasteiger partial charge in [0.25, 0.3) is 5.91 Å². The Morgan fingerprint density at radius 3 is 2.67 bits per heavy atom. The molecular formula is C15H16N2O5S2. The van der Waals surface area contributed by atoms with Crippen LogP contribution in [0.25, 0.3) is 0 Å². The largest absolute Gasteiger partial charge is 0.452 e. The molecule has 0 unspecified atom stereocenters. The van der Waals surface area contributed by atoms with Gasteiger partial charge < -0.3 is 10.1 Å². The molecule has 9 heteroatoms. The minimum Gasteiger partial charge on any atom is -0.452 e. The quantitative estimate of drug-likeness (QED) is 0.714. The fourth-order valence-corrected chi connectivity index (χ4v) is 3.19. The predicted molar refractivity (Wildman–Crippen MR) is 89.1 cm³/mol. The third-order valence-corrected chi connectivity index (χ3v) is 5.31. The molecular weight excluding hydrogens is 352 g/mol. The fourth-order valence-electron chi connectivity index (χ4n) is 1.77. The van der Waals surface area contributed by atoms with Crippen LogP contribution in [0.2, 0.25) is 0 Å². The van der Waals surface area contributed by atoms with E-state index in [0.29, 0.717) is 6.54 Å². The molecule has 1 heterocycles. The summed E-state index contributed by atoms with van der Waals surface area (Å²) in [6, 6.07) is 9.15. The molecule has 0 bridgehead atoms. The van der Waals surface area contributed by atoms with Crippen LogP contribution in [0.15, 0.2) is 46.7 Å². The Labute approximate surface area is 143 Å². The van der Waals surface area contributed by atoms with Gasteiger partial charge in [0, 0.05) is 4.88 Å². The number of thiophene rings is 1. The normalized spacial score (nSPS) is 11.0. The smallest absolute Gasteiger partial charge is 0.338 e. The summed E-state index contributed by atoms with van der Waals surface area (Å²) in [4.78, 5) is 24.5. The molecule has 128 valence electrons. The van der Waals surface area contributed by atoms with Crippen LogP contribution in [0.5, 0.6) is 0 Å². The number of ether oxygens (including phenoxy) is 1. The van der Waals surface area contributed by atoms with Crippen molar-refractivity contribution in [2.75, 3.05) is 13.7 Å². The van der Waals surface area contributed by atoms with Crippen molar-refractivity contribution in [3.63, 3.8) is 0 Å². The van der Waals surface area contributed by atoms with Crippen molar-refractivity contribution >= 4 is 33.2 Å². The summed E-state index contributed by atoms with van der Waals surface area (Å²) >= 11 is 1.51. The first-order valence-corrected chi connectivity index (χ1v) is 9.28. The highest BCUT2D eigenvalue weighted by molar-refractivity contribution is 7.89. The van der Waals surface area contributed by atoms with E-state index in [1.807, 2.05) is 17.5 Å². The Balaban J connectivity index is 1.90. The SMILES string of the molecule is CNS(=O)(=O)c1cccc(C(=O)OCC(=O)NCc2cccs2)c1. The molecule has 0 aliphatic rings. The zero-order valence-electron chi connectivity index (χ0n) is 12.8. The Hall–Kier alpha value is -2.23. The van der Waals surface area contributed by atoms with Crippen LogP contribution in [-0.4, -0.2) is 33.9 Å². The second-order valence-corrected chi connectivity index (χ2v) is 7.59. The molecule has 1 aromatic heterocycles. The van der Waals surface area contributed by atoms with Gasteiger partial charge in [0.05, 0.1) is 17.0 Å². The average molecular weight is 368 g/mol. The van der Waals surface area contributed by atoms with Crippen molar-refractivity contribution in [1.82, 2.24) is 10.0 Å². The highest BCUT2D eigenvalue weighted by Gasteiger charge is 2.15. The Kier molecular flexibility index (Phi) is 6.07. The number of sulfonamides is 1. The lowest BCUT2D eigenvalue weighted by molar-refractivity contribution is -0.124. The van der Waals surface area contributed by atoms with E-state index in [1.165, 1.54) is 42.6 Å². The van der Waals surface area contributed by atoms with Gasteiger partial charge in [-0.3, -0.25) is 4.79 Å². The van der Waals surface area contributed by atoms with Crippen LogP contribution in [0, 0.1) is 0 Å². The summed E-state index contributed by atoms with van der Waals surface area (Å²) in [6.07, 6.45) is 0. The summed E-state index contributed by atoms with van der Waals surface area (Å²) in [5.74, 6) is -1.20. The van der Waals surface area contributed by atoms with Crippen molar-refractivity contribution in [1.29, 1.82) is 0 Å². The molecule has 2 N–H and O–H groups in total. The van der Waals surface area contributed by atoms with Gasteiger partial charge in [-0.05, 0) is 36.7 Å². The van der Waals surface area contributed by atoms with Gasteiger partial charge in [0.15, 0.2) is 6.61 Å². The Bertz CT molecular complexity index is 816. The van der Waals surface area contributed by atoms with E-state index in [-0.39, 0.29) is 10.5 Å². The summed E-state index contributed by atoms with van der Waals surface area (Å²) < 4.78 is 30.5. The van der Waals surface area contributed by atoms with Gasteiger partial charge in [-0.2, -0.15) is 0 Å². The van der Waals surface area contributed by atoms with Crippen molar-refractivity contribution in [3.8, 4) is 0 Å². The van der Waals surface area contributed by atoms with Crippen LogP contribution in [-0.2, 0) is 26.1 Å². The zero-order valence-corrected chi connectivity index (χ0v) is 14.4. The molecule has 0 fully saturated rings. The van der Waals surface area contributed by atoms with Gasteiger partial charge >= 0.3 is 5.97 Å². The predicted octanol–water partition coefficient (Wildman–Crippen LogP) is 1.13. The molecule has 2 aromatic rings. The first-order chi connectivity index (χ1) is 11.4. The number of carbonyl (C=O) groups is 2. The lowest BCUT2D eigenvalue weighted by Crippen LogP contribution is -2.28. The number of hydrogen-bond acceptors (Lipinski definition) is 6. The number of hydrogen-bond donors (Lipinski definition) is 2. The van der Waals surface area contributed by atoms with E-state index in [4.69, 9.17) is 4.74 Å². The molecule has 1 aromatic carbocycles.